The van der Waals surface area contributed by atoms with Gasteiger partial charge in [0.05, 0.1) is 6.61 Å². The van der Waals surface area contributed by atoms with Gasteiger partial charge < -0.3 is 14.6 Å². The molecule has 0 heterocycles. The molecule has 5 nitrogen and oxygen atoms in total. The number of carbonyl (C=O) groups is 2. The predicted octanol–water partition coefficient (Wildman–Crippen LogP) is 12.2. The molecule has 0 aromatic carbocycles. The summed E-state index contributed by atoms with van der Waals surface area (Å²) in [6.45, 7) is 6.51. The smallest absolute Gasteiger partial charge is 0.306 e. The molecule has 0 spiro atoms. The van der Waals surface area contributed by atoms with Gasteiger partial charge in [-0.1, -0.05) is 194 Å². The van der Waals surface area contributed by atoms with E-state index in [1.54, 1.807) is 0 Å². The molecule has 0 radical (unpaired) electrons. The van der Waals surface area contributed by atoms with Gasteiger partial charge in [-0.15, -0.1) is 0 Å². The monoisotopic (exact) mass is 639 g/mol. The van der Waals surface area contributed by atoms with Crippen LogP contribution < -0.4 is 0 Å². The standard InChI is InChI=1S/C40H78O5/c1-4-5-6-7-8-9-10-11-12-13-14-19-22-25-28-31-34-40(43)45-38(35-41)36-44-39(42)33-30-27-24-21-18-16-15-17-20-23-26-29-32-37(2)3/h37-38,41H,4-36H2,1-3H3/t38-/m0/s1. The van der Waals surface area contributed by atoms with Gasteiger partial charge in [0.1, 0.15) is 6.61 Å². The summed E-state index contributed by atoms with van der Waals surface area (Å²) in [5, 5.41) is 9.55. The molecule has 268 valence electrons. The largest absolute Gasteiger partial charge is 0.462 e. The van der Waals surface area contributed by atoms with E-state index in [2.05, 4.69) is 20.8 Å². The minimum absolute atomic E-state index is 0.0578. The molecule has 0 aliphatic heterocycles. The van der Waals surface area contributed by atoms with Gasteiger partial charge in [-0.3, -0.25) is 9.59 Å². The van der Waals surface area contributed by atoms with E-state index >= 15 is 0 Å². The zero-order valence-electron chi connectivity index (χ0n) is 30.6. The quantitative estimate of drug-likeness (QED) is 0.0546. The van der Waals surface area contributed by atoms with E-state index in [9.17, 15) is 14.7 Å². The molecule has 0 aliphatic carbocycles. The Labute approximate surface area is 280 Å². The van der Waals surface area contributed by atoms with Crippen LogP contribution in [0.2, 0.25) is 0 Å². The third kappa shape index (κ3) is 35.6. The molecule has 0 aliphatic rings. The van der Waals surface area contributed by atoms with Crippen LogP contribution in [0.25, 0.3) is 0 Å². The van der Waals surface area contributed by atoms with Gasteiger partial charge in [0.25, 0.3) is 0 Å². The zero-order valence-corrected chi connectivity index (χ0v) is 30.6. The van der Waals surface area contributed by atoms with E-state index < -0.39 is 6.10 Å². The number of hydrogen-bond donors (Lipinski definition) is 1. The van der Waals surface area contributed by atoms with Crippen molar-refractivity contribution in [3.8, 4) is 0 Å². The number of aliphatic hydroxyl groups is 1. The molecule has 0 fully saturated rings. The molecule has 0 amide bonds. The lowest BCUT2D eigenvalue weighted by molar-refractivity contribution is -0.161. The number of hydrogen-bond acceptors (Lipinski definition) is 5. The first-order valence-corrected chi connectivity index (χ1v) is 20.0. The first-order chi connectivity index (χ1) is 22.0. The second-order valence-electron chi connectivity index (χ2n) is 14.2. The summed E-state index contributed by atoms with van der Waals surface area (Å²) in [7, 11) is 0. The summed E-state index contributed by atoms with van der Waals surface area (Å²) < 4.78 is 10.6. The maximum atomic E-state index is 12.2. The van der Waals surface area contributed by atoms with Crippen LogP contribution in [0, 0.1) is 5.92 Å². The number of rotatable bonds is 36. The highest BCUT2D eigenvalue weighted by Gasteiger charge is 2.16. The SMILES string of the molecule is CCCCCCCCCCCCCCCCCCC(=O)O[C@@H](CO)COC(=O)CCCCCCCCCCCCCCC(C)C. The fraction of sp³-hybridized carbons (Fsp3) is 0.950. The third-order valence-electron chi connectivity index (χ3n) is 9.08. The summed E-state index contributed by atoms with van der Waals surface area (Å²) in [5.74, 6) is 0.265. The number of ether oxygens (including phenoxy) is 2. The van der Waals surface area contributed by atoms with E-state index in [0.29, 0.717) is 12.8 Å². The number of esters is 2. The van der Waals surface area contributed by atoms with Crippen LogP contribution in [0.4, 0.5) is 0 Å². The van der Waals surface area contributed by atoms with E-state index in [4.69, 9.17) is 9.47 Å². The summed E-state index contributed by atoms with van der Waals surface area (Å²) in [4.78, 5) is 24.2. The highest BCUT2D eigenvalue weighted by atomic mass is 16.6. The Balaban J connectivity index is 3.49. The van der Waals surface area contributed by atoms with E-state index in [-0.39, 0.29) is 25.2 Å². The molecule has 1 N–H and O–H groups in total. The van der Waals surface area contributed by atoms with Crippen molar-refractivity contribution in [2.45, 2.75) is 226 Å². The molecule has 0 saturated heterocycles. The van der Waals surface area contributed by atoms with Crippen molar-refractivity contribution in [2.75, 3.05) is 13.2 Å². The Morgan fingerprint density at radius 3 is 1.18 bits per heavy atom. The molecular formula is C40H78O5. The molecule has 0 aromatic rings. The van der Waals surface area contributed by atoms with Crippen molar-refractivity contribution in [1.82, 2.24) is 0 Å². The minimum atomic E-state index is -0.762. The average Bonchev–Trinajstić information content (AvgIpc) is 3.02. The second-order valence-corrected chi connectivity index (χ2v) is 14.2. The Bertz CT molecular complexity index is 620. The Kier molecular flexibility index (Phi) is 34.9. The molecule has 45 heavy (non-hydrogen) atoms. The van der Waals surface area contributed by atoms with Crippen molar-refractivity contribution in [1.29, 1.82) is 0 Å². The Hall–Kier alpha value is -1.10. The van der Waals surface area contributed by atoms with Gasteiger partial charge in [-0.2, -0.15) is 0 Å². The zero-order chi connectivity index (χ0) is 33.1. The van der Waals surface area contributed by atoms with Crippen molar-refractivity contribution >= 4 is 11.9 Å². The van der Waals surface area contributed by atoms with Gasteiger partial charge in [0.15, 0.2) is 6.10 Å². The fourth-order valence-electron chi connectivity index (χ4n) is 6.03. The van der Waals surface area contributed by atoms with Gasteiger partial charge in [-0.05, 0) is 18.8 Å². The van der Waals surface area contributed by atoms with E-state index in [1.807, 2.05) is 0 Å². The van der Waals surface area contributed by atoms with E-state index in [1.165, 1.54) is 154 Å². The van der Waals surface area contributed by atoms with Crippen LogP contribution in [-0.2, 0) is 19.1 Å². The fourth-order valence-corrected chi connectivity index (χ4v) is 6.03. The number of carbonyl (C=O) groups excluding carboxylic acids is 2. The van der Waals surface area contributed by atoms with Crippen LogP contribution in [0.1, 0.15) is 220 Å². The van der Waals surface area contributed by atoms with Crippen LogP contribution in [-0.4, -0.2) is 36.4 Å². The summed E-state index contributed by atoms with van der Waals surface area (Å²) >= 11 is 0. The normalized spacial score (nSPS) is 12.1. The molecule has 0 saturated carbocycles. The highest BCUT2D eigenvalue weighted by molar-refractivity contribution is 5.70. The van der Waals surface area contributed by atoms with Gasteiger partial charge >= 0.3 is 11.9 Å². The molecule has 1 atom stereocenters. The Morgan fingerprint density at radius 2 is 0.822 bits per heavy atom. The van der Waals surface area contributed by atoms with Crippen LogP contribution in [0.5, 0.6) is 0 Å². The van der Waals surface area contributed by atoms with Crippen LogP contribution in [0.15, 0.2) is 0 Å². The number of aliphatic hydroxyl groups excluding tert-OH is 1. The van der Waals surface area contributed by atoms with Gasteiger partial charge in [0.2, 0.25) is 0 Å². The molecule has 0 bridgehead atoms. The molecular weight excluding hydrogens is 560 g/mol. The number of unbranched alkanes of at least 4 members (excludes halogenated alkanes) is 26. The van der Waals surface area contributed by atoms with Crippen molar-refractivity contribution < 1.29 is 24.2 Å². The third-order valence-corrected chi connectivity index (χ3v) is 9.08. The minimum Gasteiger partial charge on any atom is -0.462 e. The summed E-state index contributed by atoms with van der Waals surface area (Å²) in [6.07, 6.45) is 37.3. The van der Waals surface area contributed by atoms with Gasteiger partial charge in [0, 0.05) is 12.8 Å². The van der Waals surface area contributed by atoms with Crippen molar-refractivity contribution in [2.24, 2.45) is 5.92 Å². The summed E-state index contributed by atoms with van der Waals surface area (Å²) in [6, 6.07) is 0. The van der Waals surface area contributed by atoms with Crippen LogP contribution in [0.3, 0.4) is 0 Å². The first-order valence-electron chi connectivity index (χ1n) is 20.0. The van der Waals surface area contributed by atoms with Crippen molar-refractivity contribution in [3.05, 3.63) is 0 Å². The molecule has 5 heteroatoms. The lowest BCUT2D eigenvalue weighted by Gasteiger charge is -2.15. The summed E-state index contributed by atoms with van der Waals surface area (Å²) in [5.41, 5.74) is 0. The lowest BCUT2D eigenvalue weighted by atomic mass is 10.0. The first kappa shape index (κ1) is 43.9. The molecule has 0 unspecified atom stereocenters. The van der Waals surface area contributed by atoms with E-state index in [0.717, 1.165) is 38.0 Å². The Morgan fingerprint density at radius 1 is 0.489 bits per heavy atom. The predicted molar refractivity (Wildman–Crippen MR) is 192 cm³/mol. The molecule has 0 aromatic heterocycles. The maximum Gasteiger partial charge on any atom is 0.306 e. The van der Waals surface area contributed by atoms with Gasteiger partial charge in [-0.25, -0.2) is 0 Å². The average molecular weight is 639 g/mol. The topological polar surface area (TPSA) is 72.8 Å². The van der Waals surface area contributed by atoms with Crippen LogP contribution >= 0.6 is 0 Å². The second kappa shape index (κ2) is 35.7. The lowest BCUT2D eigenvalue weighted by Crippen LogP contribution is -2.28. The molecule has 0 rings (SSSR count). The van der Waals surface area contributed by atoms with Crippen molar-refractivity contribution in [3.63, 3.8) is 0 Å². The maximum absolute atomic E-state index is 12.2. The highest BCUT2D eigenvalue weighted by Crippen LogP contribution is 2.16.